The Morgan fingerprint density at radius 3 is 2.53 bits per heavy atom. The van der Waals surface area contributed by atoms with Crippen molar-refractivity contribution in [1.82, 2.24) is 9.55 Å². The van der Waals surface area contributed by atoms with Crippen LogP contribution in [0.25, 0.3) is 5.69 Å². The molecule has 0 amide bonds. The number of nitrogens with one attached hydrogen (secondary N) is 1. The molecule has 0 spiro atoms. The van der Waals surface area contributed by atoms with Crippen molar-refractivity contribution in [2.75, 3.05) is 5.32 Å². The van der Waals surface area contributed by atoms with E-state index in [1.807, 2.05) is 13.0 Å². The molecule has 3 rings (SSSR count). The van der Waals surface area contributed by atoms with Gasteiger partial charge in [0.2, 0.25) is 5.95 Å². The summed E-state index contributed by atoms with van der Waals surface area (Å²) in [6.45, 7) is 4.35. The van der Waals surface area contributed by atoms with E-state index in [1.54, 1.807) is 0 Å². The number of hydrogen-bond donors (Lipinski definition) is 1. The first-order chi connectivity index (χ1) is 9.16. The molecule has 1 heterocycles. The number of nitrogens with zero attached hydrogens (tertiary/aromatic N) is 2. The second kappa shape index (κ2) is 4.72. The summed E-state index contributed by atoms with van der Waals surface area (Å²) in [6.07, 6.45) is 7.18. The largest absolute Gasteiger partial charge is 0.350 e. The molecule has 1 aliphatic carbocycles. The van der Waals surface area contributed by atoms with Crippen molar-refractivity contribution < 1.29 is 0 Å². The summed E-state index contributed by atoms with van der Waals surface area (Å²) in [5, 5.41) is 3.66. The van der Waals surface area contributed by atoms with Crippen LogP contribution in [0.4, 0.5) is 5.95 Å². The van der Waals surface area contributed by atoms with E-state index in [-0.39, 0.29) is 5.54 Å². The highest BCUT2D eigenvalue weighted by molar-refractivity contribution is 5.44. The Bertz CT molecular complexity index is 551. The monoisotopic (exact) mass is 255 g/mol. The number of anilines is 1. The molecule has 19 heavy (non-hydrogen) atoms. The van der Waals surface area contributed by atoms with Crippen LogP contribution in [0.3, 0.4) is 0 Å². The van der Waals surface area contributed by atoms with Crippen molar-refractivity contribution in [2.24, 2.45) is 0 Å². The topological polar surface area (TPSA) is 29.9 Å². The minimum absolute atomic E-state index is 0.199. The van der Waals surface area contributed by atoms with Crippen LogP contribution in [0.2, 0.25) is 0 Å². The van der Waals surface area contributed by atoms with E-state index in [2.05, 4.69) is 52.3 Å². The molecular weight excluding hydrogens is 234 g/mol. The van der Waals surface area contributed by atoms with Crippen LogP contribution in [0.15, 0.2) is 36.5 Å². The summed E-state index contributed by atoms with van der Waals surface area (Å²) >= 11 is 0. The minimum atomic E-state index is 0.199. The molecule has 0 radical (unpaired) electrons. The molecule has 100 valence electrons. The van der Waals surface area contributed by atoms with Crippen LogP contribution in [0, 0.1) is 6.92 Å². The molecule has 2 aromatic rings. The van der Waals surface area contributed by atoms with Crippen LogP contribution in [-0.2, 0) is 0 Å². The Balaban J connectivity index is 1.94. The van der Waals surface area contributed by atoms with Crippen molar-refractivity contribution in [3.05, 3.63) is 42.2 Å². The van der Waals surface area contributed by atoms with Crippen LogP contribution in [0.1, 0.15) is 38.3 Å². The maximum Gasteiger partial charge on any atom is 0.208 e. The third-order valence-electron chi connectivity index (χ3n) is 3.98. The molecule has 0 unspecified atom stereocenters. The number of para-hydroxylation sites is 1. The fraction of sp³-hybridized carbons (Fsp3) is 0.438. The molecule has 3 nitrogen and oxygen atoms in total. The zero-order valence-corrected chi connectivity index (χ0v) is 11.7. The van der Waals surface area contributed by atoms with Gasteiger partial charge in [-0.25, -0.2) is 4.98 Å². The van der Waals surface area contributed by atoms with Crippen molar-refractivity contribution in [3.63, 3.8) is 0 Å². The molecule has 1 N–H and O–H groups in total. The fourth-order valence-corrected chi connectivity index (χ4v) is 2.92. The molecule has 1 saturated carbocycles. The number of benzene rings is 1. The second-order valence-electron chi connectivity index (χ2n) is 5.80. The van der Waals surface area contributed by atoms with Crippen molar-refractivity contribution in [3.8, 4) is 5.69 Å². The maximum absolute atomic E-state index is 4.65. The Morgan fingerprint density at radius 2 is 1.84 bits per heavy atom. The van der Waals surface area contributed by atoms with Gasteiger partial charge in [-0.15, -0.1) is 0 Å². The van der Waals surface area contributed by atoms with Crippen LogP contribution >= 0.6 is 0 Å². The predicted molar refractivity (Wildman–Crippen MR) is 78.8 cm³/mol. The molecule has 1 aromatic heterocycles. The Morgan fingerprint density at radius 1 is 1.16 bits per heavy atom. The Kier molecular flexibility index (Phi) is 3.05. The Labute approximate surface area is 114 Å². The predicted octanol–water partition coefficient (Wildman–Crippen LogP) is 3.93. The van der Waals surface area contributed by atoms with Gasteiger partial charge in [-0.3, -0.25) is 4.57 Å². The van der Waals surface area contributed by atoms with E-state index >= 15 is 0 Å². The molecule has 1 aromatic carbocycles. The summed E-state index contributed by atoms with van der Waals surface area (Å²) in [5.41, 5.74) is 2.41. The molecule has 3 heteroatoms. The minimum Gasteiger partial charge on any atom is -0.350 e. The normalized spacial score (nSPS) is 17.6. The highest BCUT2D eigenvalue weighted by Crippen LogP contribution is 2.32. The molecule has 0 aliphatic heterocycles. The standard InChI is InChI=1S/C16H21N3/c1-13-12-19(14-8-4-3-5-9-14)15(17-13)18-16(2)10-6-7-11-16/h3-5,8-9,12H,6-7,10-11H2,1-2H3,(H,17,18). The zero-order valence-electron chi connectivity index (χ0n) is 11.7. The van der Waals surface area contributed by atoms with E-state index in [1.165, 1.54) is 25.7 Å². The summed E-state index contributed by atoms with van der Waals surface area (Å²) in [6, 6.07) is 10.4. The Hall–Kier alpha value is -1.77. The van der Waals surface area contributed by atoms with Gasteiger partial charge in [-0.05, 0) is 38.8 Å². The van der Waals surface area contributed by atoms with Crippen molar-refractivity contribution in [1.29, 1.82) is 0 Å². The van der Waals surface area contributed by atoms with E-state index in [0.717, 1.165) is 17.3 Å². The first kappa shape index (κ1) is 12.3. The number of hydrogen-bond acceptors (Lipinski definition) is 2. The number of imidazole rings is 1. The second-order valence-corrected chi connectivity index (χ2v) is 5.80. The first-order valence-electron chi connectivity index (χ1n) is 7.06. The maximum atomic E-state index is 4.65. The van der Waals surface area contributed by atoms with Gasteiger partial charge >= 0.3 is 0 Å². The summed E-state index contributed by atoms with van der Waals surface area (Å²) in [4.78, 5) is 4.65. The summed E-state index contributed by atoms with van der Waals surface area (Å²) < 4.78 is 2.15. The molecule has 1 fully saturated rings. The number of rotatable bonds is 3. The van der Waals surface area contributed by atoms with Gasteiger partial charge in [0.25, 0.3) is 0 Å². The lowest BCUT2D eigenvalue weighted by atomic mass is 10.0. The smallest absolute Gasteiger partial charge is 0.208 e. The lowest BCUT2D eigenvalue weighted by Gasteiger charge is -2.26. The SMILES string of the molecule is Cc1cn(-c2ccccc2)c(NC2(C)CCCC2)n1. The average molecular weight is 255 g/mol. The van der Waals surface area contributed by atoms with E-state index in [9.17, 15) is 0 Å². The van der Waals surface area contributed by atoms with Gasteiger partial charge in [-0.1, -0.05) is 31.0 Å². The quantitative estimate of drug-likeness (QED) is 0.900. The highest BCUT2D eigenvalue weighted by Gasteiger charge is 2.29. The van der Waals surface area contributed by atoms with Gasteiger partial charge in [0.15, 0.2) is 0 Å². The molecular formula is C16H21N3. The van der Waals surface area contributed by atoms with Gasteiger partial charge < -0.3 is 5.32 Å². The third kappa shape index (κ3) is 2.50. The van der Waals surface area contributed by atoms with E-state index in [0.29, 0.717) is 0 Å². The number of aromatic nitrogens is 2. The average Bonchev–Trinajstić information content (AvgIpc) is 2.97. The number of aryl methyl sites for hydroxylation is 1. The van der Waals surface area contributed by atoms with E-state index < -0.39 is 0 Å². The van der Waals surface area contributed by atoms with E-state index in [4.69, 9.17) is 0 Å². The lowest BCUT2D eigenvalue weighted by Crippen LogP contribution is -2.32. The summed E-state index contributed by atoms with van der Waals surface area (Å²) in [7, 11) is 0. The van der Waals surface area contributed by atoms with Gasteiger partial charge in [0.1, 0.15) is 0 Å². The third-order valence-corrected chi connectivity index (χ3v) is 3.98. The van der Waals surface area contributed by atoms with Crippen LogP contribution in [0.5, 0.6) is 0 Å². The van der Waals surface area contributed by atoms with Gasteiger partial charge in [0, 0.05) is 17.4 Å². The lowest BCUT2D eigenvalue weighted by molar-refractivity contribution is 0.527. The summed E-state index contributed by atoms with van der Waals surface area (Å²) in [5.74, 6) is 0.966. The van der Waals surface area contributed by atoms with Crippen molar-refractivity contribution in [2.45, 2.75) is 45.1 Å². The van der Waals surface area contributed by atoms with Gasteiger partial charge in [0.05, 0.1) is 5.69 Å². The molecule has 0 atom stereocenters. The fourth-order valence-electron chi connectivity index (χ4n) is 2.92. The van der Waals surface area contributed by atoms with Gasteiger partial charge in [-0.2, -0.15) is 0 Å². The van der Waals surface area contributed by atoms with Crippen LogP contribution < -0.4 is 5.32 Å². The first-order valence-corrected chi connectivity index (χ1v) is 7.06. The molecule has 1 aliphatic rings. The zero-order chi connectivity index (χ0) is 13.3. The van der Waals surface area contributed by atoms with Crippen LogP contribution in [-0.4, -0.2) is 15.1 Å². The highest BCUT2D eigenvalue weighted by atomic mass is 15.2. The molecule has 0 bridgehead atoms. The molecule has 0 saturated heterocycles. The van der Waals surface area contributed by atoms with Crippen molar-refractivity contribution >= 4 is 5.95 Å².